The van der Waals surface area contributed by atoms with E-state index < -0.39 is 11.6 Å². The van der Waals surface area contributed by atoms with E-state index in [0.717, 1.165) is 44.6 Å². The molecule has 3 N–H and O–H groups in total. The molecule has 0 unspecified atom stereocenters. The molecule has 4 heteroatoms. The van der Waals surface area contributed by atoms with Gasteiger partial charge in [0.1, 0.15) is 0 Å². The van der Waals surface area contributed by atoms with Gasteiger partial charge in [-0.15, -0.1) is 0 Å². The first-order valence-electron chi connectivity index (χ1n) is 13.0. The van der Waals surface area contributed by atoms with Crippen LogP contribution in [0.2, 0.25) is 0 Å². The molecule has 5 rings (SSSR count). The van der Waals surface area contributed by atoms with Crippen molar-refractivity contribution in [3.8, 4) is 23.0 Å². The van der Waals surface area contributed by atoms with Crippen molar-refractivity contribution in [1.29, 1.82) is 0 Å². The molecular formula is C33H34N2O2. The van der Waals surface area contributed by atoms with E-state index in [1.807, 2.05) is 51.2 Å². The Morgan fingerprint density at radius 3 is 2.54 bits per heavy atom. The fourth-order valence-electron chi connectivity index (χ4n) is 5.62. The summed E-state index contributed by atoms with van der Waals surface area (Å²) in [5.41, 5.74) is 9.52. The molecule has 1 aromatic heterocycles. The summed E-state index contributed by atoms with van der Waals surface area (Å²) in [5.74, 6) is 6.83. The Morgan fingerprint density at radius 2 is 1.78 bits per heavy atom. The molecule has 1 aliphatic rings. The maximum absolute atomic E-state index is 12.3. The second kappa shape index (κ2) is 9.25. The van der Waals surface area contributed by atoms with Crippen LogP contribution in [0.5, 0.6) is 0 Å². The van der Waals surface area contributed by atoms with E-state index in [-0.39, 0.29) is 11.7 Å². The third-order valence-corrected chi connectivity index (χ3v) is 7.73. The van der Waals surface area contributed by atoms with Crippen LogP contribution in [0, 0.1) is 25.7 Å². The highest BCUT2D eigenvalue weighted by Gasteiger charge is 2.40. The van der Waals surface area contributed by atoms with Crippen LogP contribution in [0.3, 0.4) is 0 Å². The van der Waals surface area contributed by atoms with Gasteiger partial charge in [-0.25, -0.2) is 0 Å². The Balaban J connectivity index is 1.79. The van der Waals surface area contributed by atoms with Crippen molar-refractivity contribution in [2.45, 2.75) is 65.5 Å². The molecule has 2 atom stereocenters. The molecule has 4 nitrogen and oxygen atoms in total. The van der Waals surface area contributed by atoms with Gasteiger partial charge in [0.2, 0.25) is 0 Å². The molecule has 188 valence electrons. The Labute approximate surface area is 219 Å². The van der Waals surface area contributed by atoms with Crippen LogP contribution in [0.1, 0.15) is 78.2 Å². The number of aliphatic hydroxyl groups is 1. The summed E-state index contributed by atoms with van der Waals surface area (Å²) < 4.78 is 0. The van der Waals surface area contributed by atoms with Gasteiger partial charge >= 0.3 is 0 Å². The third kappa shape index (κ3) is 4.24. The van der Waals surface area contributed by atoms with Crippen molar-refractivity contribution in [2.75, 3.05) is 5.32 Å². The number of nitrogens with one attached hydrogen (secondary N) is 2. The highest BCUT2D eigenvalue weighted by Crippen LogP contribution is 2.46. The molecule has 0 saturated heterocycles. The molecule has 4 aromatic rings. The number of fused-ring (bicyclic) bond motifs is 2. The average Bonchev–Trinajstić information content (AvgIpc) is 3.27. The third-order valence-electron chi connectivity index (χ3n) is 7.73. The zero-order valence-electron chi connectivity index (χ0n) is 22.4. The second-order valence-corrected chi connectivity index (χ2v) is 10.8. The highest BCUT2D eigenvalue weighted by atomic mass is 16.3. The first-order chi connectivity index (χ1) is 17.6. The summed E-state index contributed by atoms with van der Waals surface area (Å²) >= 11 is 0. The first kappa shape index (κ1) is 24.9. The molecule has 0 saturated carbocycles. The zero-order chi connectivity index (χ0) is 26.5. The molecule has 0 bridgehead atoms. The minimum Gasteiger partial charge on any atom is -0.390 e. The lowest BCUT2D eigenvalue weighted by Crippen LogP contribution is -2.50. The van der Waals surface area contributed by atoms with Crippen molar-refractivity contribution < 1.29 is 9.90 Å². The van der Waals surface area contributed by atoms with Crippen LogP contribution in [0.4, 0.5) is 5.69 Å². The van der Waals surface area contributed by atoms with Crippen molar-refractivity contribution in [2.24, 2.45) is 0 Å². The van der Waals surface area contributed by atoms with Gasteiger partial charge in [-0.1, -0.05) is 56.0 Å². The van der Waals surface area contributed by atoms with Crippen molar-refractivity contribution >= 4 is 22.4 Å². The van der Waals surface area contributed by atoms with Gasteiger partial charge < -0.3 is 15.4 Å². The number of carbonyl (C=O) groups excluding carboxylic acids is 1. The average molecular weight is 491 g/mol. The largest absolute Gasteiger partial charge is 0.390 e. The number of Topliss-reactive ketones (excluding diaryl/α,β-unsaturated/α-hetero) is 1. The molecule has 1 aliphatic heterocycles. The normalized spacial score (nSPS) is 18.0. The smallest absolute Gasteiger partial charge is 0.162 e. The highest BCUT2D eigenvalue weighted by molar-refractivity contribution is 5.99. The van der Waals surface area contributed by atoms with Crippen molar-refractivity contribution in [1.82, 2.24) is 4.98 Å². The van der Waals surface area contributed by atoms with Gasteiger partial charge in [-0.2, -0.15) is 0 Å². The topological polar surface area (TPSA) is 65.1 Å². The fourth-order valence-corrected chi connectivity index (χ4v) is 5.62. The van der Waals surface area contributed by atoms with E-state index in [0.29, 0.717) is 12.0 Å². The summed E-state index contributed by atoms with van der Waals surface area (Å²) in [5, 5.41) is 16.0. The number of H-pyrrole nitrogens is 1. The molecule has 0 aliphatic carbocycles. The molecule has 37 heavy (non-hydrogen) atoms. The number of benzene rings is 3. The number of anilines is 1. The van der Waals surface area contributed by atoms with E-state index in [2.05, 4.69) is 67.2 Å². The summed E-state index contributed by atoms with van der Waals surface area (Å²) in [6.07, 6.45) is 1.92. The maximum Gasteiger partial charge on any atom is 0.162 e. The van der Waals surface area contributed by atoms with Crippen LogP contribution in [0.15, 0.2) is 54.7 Å². The number of ketones is 1. The predicted molar refractivity (Wildman–Crippen MR) is 152 cm³/mol. The van der Waals surface area contributed by atoms with E-state index in [9.17, 15) is 9.90 Å². The number of hydrogen-bond donors (Lipinski definition) is 3. The number of aryl methyl sites for hydroxylation is 2. The Hall–Kier alpha value is -3.81. The van der Waals surface area contributed by atoms with Crippen molar-refractivity contribution in [3.63, 3.8) is 0 Å². The molecule has 2 heterocycles. The van der Waals surface area contributed by atoms with E-state index in [4.69, 9.17) is 0 Å². The van der Waals surface area contributed by atoms with Crippen molar-refractivity contribution in [3.05, 3.63) is 88.1 Å². The molecule has 0 fully saturated rings. The predicted octanol–water partition coefficient (Wildman–Crippen LogP) is 7.11. The maximum atomic E-state index is 12.3. The number of rotatable bonds is 3. The van der Waals surface area contributed by atoms with Crippen LogP contribution in [-0.4, -0.2) is 27.5 Å². The van der Waals surface area contributed by atoms with Crippen LogP contribution >= 0.6 is 0 Å². The van der Waals surface area contributed by atoms with Crippen LogP contribution in [0.25, 0.3) is 22.0 Å². The van der Waals surface area contributed by atoms with Gasteiger partial charge in [0.05, 0.1) is 17.2 Å². The number of carbonyl (C=O) groups is 1. The van der Waals surface area contributed by atoms with Gasteiger partial charge in [0.25, 0.3) is 0 Å². The standard InChI is InChI=1S/C33H34N2O2/c1-7-28(36)23-11-8-10-22(17-23)14-15-25-27(26-13-9-12-24-20(3)18-34-31(24)26)16-19(2)30-29(25)21(4)32(37)33(5,6)35-30/h8-13,16-18,21,32,34-35,37H,7H2,1-6H3/t21-,32+/m1/s1. The monoisotopic (exact) mass is 490 g/mol. The Morgan fingerprint density at radius 1 is 1.03 bits per heavy atom. The molecule has 0 radical (unpaired) electrons. The van der Waals surface area contributed by atoms with Gasteiger partial charge in [-0.3, -0.25) is 4.79 Å². The lowest BCUT2D eigenvalue weighted by Gasteiger charge is -2.43. The number of aromatic amines is 1. The SMILES string of the molecule is CCC(=O)c1cccc(C#Cc2c(-c3cccc4c(C)c[nH]c34)cc(C)c3c2[C@@H](C)[C@H](O)C(C)(C)N3)c1. The lowest BCUT2D eigenvalue weighted by molar-refractivity contribution is 0.0868. The second-order valence-electron chi connectivity index (χ2n) is 10.8. The lowest BCUT2D eigenvalue weighted by atomic mass is 9.75. The van der Waals surface area contributed by atoms with Gasteiger partial charge in [-0.05, 0) is 62.6 Å². The number of para-hydroxylation sites is 1. The summed E-state index contributed by atoms with van der Waals surface area (Å²) in [6.45, 7) is 12.3. The molecule has 0 spiro atoms. The van der Waals surface area contributed by atoms with Crippen LogP contribution in [-0.2, 0) is 0 Å². The van der Waals surface area contributed by atoms with Gasteiger partial charge in [0, 0.05) is 57.4 Å². The van der Waals surface area contributed by atoms with Crippen LogP contribution < -0.4 is 5.32 Å². The molecule has 3 aromatic carbocycles. The summed E-state index contributed by atoms with van der Waals surface area (Å²) in [4.78, 5) is 15.8. The first-order valence-corrected chi connectivity index (χ1v) is 13.0. The zero-order valence-corrected chi connectivity index (χ0v) is 22.4. The number of hydrogen-bond acceptors (Lipinski definition) is 3. The van der Waals surface area contributed by atoms with E-state index in [1.165, 1.54) is 10.9 Å². The van der Waals surface area contributed by atoms with E-state index >= 15 is 0 Å². The minimum atomic E-state index is -0.579. The molecule has 0 amide bonds. The minimum absolute atomic E-state index is 0.106. The fraction of sp³-hybridized carbons (Fsp3) is 0.303. The molecular weight excluding hydrogens is 456 g/mol. The number of aliphatic hydroxyl groups excluding tert-OH is 1. The van der Waals surface area contributed by atoms with E-state index in [1.54, 1.807) is 0 Å². The number of aromatic nitrogens is 1. The quantitative estimate of drug-likeness (QED) is 0.212. The summed E-state index contributed by atoms with van der Waals surface area (Å²) in [7, 11) is 0. The Kier molecular flexibility index (Phi) is 6.22. The summed E-state index contributed by atoms with van der Waals surface area (Å²) in [6, 6.07) is 16.1. The Bertz CT molecular complexity index is 1600. The van der Waals surface area contributed by atoms with Gasteiger partial charge in [0.15, 0.2) is 5.78 Å².